The lowest BCUT2D eigenvalue weighted by Gasteiger charge is -2.35. The number of ether oxygens (including phenoxy) is 3. The van der Waals surface area contributed by atoms with Crippen molar-refractivity contribution in [2.24, 2.45) is 0 Å². The third-order valence-corrected chi connectivity index (χ3v) is 11.6. The van der Waals surface area contributed by atoms with Gasteiger partial charge in [0.15, 0.2) is 0 Å². The van der Waals surface area contributed by atoms with Crippen LogP contribution in [0.15, 0.2) is 126 Å². The van der Waals surface area contributed by atoms with E-state index in [1.165, 1.54) is 16.7 Å². The average molecular weight is 721 g/mol. The van der Waals surface area contributed by atoms with Crippen LogP contribution >= 0.6 is 0 Å². The molecule has 0 radical (unpaired) electrons. The molecule has 270 valence electrons. The molecular weight excluding hydrogens is 676 g/mol. The molecule has 0 heterocycles. The third-order valence-electron chi connectivity index (χ3n) is 10.3. The number of aryl methyl sites for hydroxylation is 2. The van der Waals surface area contributed by atoms with Gasteiger partial charge in [0.25, 0.3) is 10.1 Å². The highest BCUT2D eigenvalue weighted by atomic mass is 32.2. The van der Waals surface area contributed by atoms with E-state index >= 15 is 0 Å². The first-order chi connectivity index (χ1) is 25.3. The van der Waals surface area contributed by atoms with Gasteiger partial charge < -0.3 is 14.2 Å². The summed E-state index contributed by atoms with van der Waals surface area (Å²) >= 11 is 0. The van der Waals surface area contributed by atoms with E-state index in [0.29, 0.717) is 6.61 Å². The number of fused-ring (bicyclic) bond motifs is 1. The van der Waals surface area contributed by atoms with Crippen LogP contribution < -0.4 is 9.47 Å². The molecule has 0 aliphatic heterocycles. The Hall–Kier alpha value is -4.50. The zero-order valence-electron chi connectivity index (χ0n) is 29.5. The second-order valence-electron chi connectivity index (χ2n) is 13.9. The molecule has 8 heteroatoms. The summed E-state index contributed by atoms with van der Waals surface area (Å²) in [4.78, 5) is 0.152. The van der Waals surface area contributed by atoms with Crippen LogP contribution in [-0.4, -0.2) is 33.8 Å². The van der Waals surface area contributed by atoms with Crippen LogP contribution in [0.4, 0.5) is 4.39 Å². The maximum absolute atomic E-state index is 13.9. The Balaban J connectivity index is 0.957. The van der Waals surface area contributed by atoms with Crippen molar-refractivity contribution in [2.45, 2.75) is 81.0 Å². The van der Waals surface area contributed by atoms with E-state index in [2.05, 4.69) is 54.6 Å². The summed E-state index contributed by atoms with van der Waals surface area (Å²) in [5, 5.41) is 0. The quantitative estimate of drug-likeness (QED) is 0.0892. The fourth-order valence-corrected chi connectivity index (χ4v) is 8.40. The molecule has 0 N–H and O–H groups in total. The van der Waals surface area contributed by atoms with E-state index < -0.39 is 10.1 Å². The van der Waals surface area contributed by atoms with Gasteiger partial charge >= 0.3 is 0 Å². The van der Waals surface area contributed by atoms with Gasteiger partial charge in [0.2, 0.25) is 0 Å². The topological polar surface area (TPSA) is 71.1 Å². The van der Waals surface area contributed by atoms with Crippen LogP contribution in [0.3, 0.4) is 0 Å². The Morgan fingerprint density at radius 2 is 1.37 bits per heavy atom. The Morgan fingerprint density at radius 1 is 0.692 bits per heavy atom. The molecule has 1 fully saturated rings. The van der Waals surface area contributed by atoms with Crippen LogP contribution in [0.25, 0.3) is 0 Å². The van der Waals surface area contributed by atoms with Crippen molar-refractivity contribution in [1.82, 2.24) is 0 Å². The molecule has 52 heavy (non-hydrogen) atoms. The first kappa shape index (κ1) is 35.9. The minimum Gasteiger partial charge on any atom is -0.490 e. The van der Waals surface area contributed by atoms with Gasteiger partial charge in [-0.1, -0.05) is 78.4 Å². The molecule has 2 aliphatic carbocycles. The van der Waals surface area contributed by atoms with Crippen LogP contribution in [0, 0.1) is 12.7 Å². The normalized spacial score (nSPS) is 20.2. The van der Waals surface area contributed by atoms with E-state index in [-0.39, 0.29) is 48.0 Å². The Kier molecular flexibility index (Phi) is 11.4. The number of halogens is 1. The zero-order valence-corrected chi connectivity index (χ0v) is 30.3. The van der Waals surface area contributed by atoms with Gasteiger partial charge in [-0.3, -0.25) is 4.18 Å². The molecule has 5 aromatic carbocycles. The van der Waals surface area contributed by atoms with Crippen molar-refractivity contribution < 1.29 is 31.2 Å². The number of hydrogen-bond donors (Lipinski definition) is 0. The van der Waals surface area contributed by atoms with Gasteiger partial charge in [0, 0.05) is 5.92 Å². The number of rotatable bonds is 13. The first-order valence-corrected chi connectivity index (χ1v) is 19.6. The lowest BCUT2D eigenvalue weighted by molar-refractivity contribution is -0.00754. The lowest BCUT2D eigenvalue weighted by atomic mass is 9.69. The maximum atomic E-state index is 13.9. The minimum absolute atomic E-state index is 0.0182. The molecular formula is C44H45FO6S. The molecule has 0 aromatic heterocycles. The van der Waals surface area contributed by atoms with Crippen LogP contribution in [0.1, 0.15) is 77.3 Å². The molecule has 0 amide bonds. The molecule has 7 rings (SSSR count). The maximum Gasteiger partial charge on any atom is 0.297 e. The highest BCUT2D eigenvalue weighted by Gasteiger charge is 2.32. The lowest BCUT2D eigenvalue weighted by Crippen LogP contribution is -2.29. The van der Waals surface area contributed by atoms with Gasteiger partial charge in [0.1, 0.15) is 23.9 Å². The standard InChI is InChI=1S/C44H45FO6S/c1-31-7-23-41(24-8-31)52(46,47)50-28-27-48-37-18-20-39(21-19-37)51-38-16-11-34(12-17-38)44-42(33-9-14-36(45)15-10-33)25-13-35-29-40(22-26-43(35)44)49-30-32-5-3-2-4-6-32/h2-12,14-17,22-24,26,29,37,39,42,44H,13,18-21,25,27-28,30H2,1H3. The molecule has 2 unspecified atom stereocenters. The highest BCUT2D eigenvalue weighted by Crippen LogP contribution is 2.47. The predicted octanol–water partition coefficient (Wildman–Crippen LogP) is 9.69. The summed E-state index contributed by atoms with van der Waals surface area (Å²) in [5.74, 6) is 1.79. The SMILES string of the molecule is Cc1ccc(S(=O)(=O)OCCOC2CCC(Oc3ccc(C4c5ccc(OCc6ccccc6)cc5CCC4c4ccc(F)cc4)cc3)CC2)cc1. The zero-order chi connectivity index (χ0) is 35.9. The second kappa shape index (κ2) is 16.4. The van der Waals surface area contributed by atoms with E-state index in [1.807, 2.05) is 37.3 Å². The molecule has 2 atom stereocenters. The Labute approximate surface area is 306 Å². The van der Waals surface area contributed by atoms with Crippen molar-refractivity contribution in [3.63, 3.8) is 0 Å². The molecule has 6 nitrogen and oxygen atoms in total. The second-order valence-corrected chi connectivity index (χ2v) is 15.5. The summed E-state index contributed by atoms with van der Waals surface area (Å²) in [5.41, 5.74) is 7.02. The van der Waals surface area contributed by atoms with E-state index in [9.17, 15) is 12.8 Å². The minimum atomic E-state index is -3.80. The fourth-order valence-electron chi connectivity index (χ4n) is 7.50. The number of hydrogen-bond acceptors (Lipinski definition) is 6. The summed E-state index contributed by atoms with van der Waals surface area (Å²) in [6, 6.07) is 38.7. The number of benzene rings is 5. The van der Waals surface area contributed by atoms with Crippen molar-refractivity contribution in [3.05, 3.63) is 161 Å². The monoisotopic (exact) mass is 720 g/mol. The van der Waals surface area contributed by atoms with Crippen LogP contribution in [-0.2, 0) is 32.1 Å². The van der Waals surface area contributed by atoms with Crippen LogP contribution in [0.5, 0.6) is 11.5 Å². The molecule has 2 aliphatic rings. The highest BCUT2D eigenvalue weighted by molar-refractivity contribution is 7.86. The molecule has 0 spiro atoms. The Bertz CT molecular complexity index is 2010. The third kappa shape index (κ3) is 8.92. The Morgan fingerprint density at radius 3 is 2.10 bits per heavy atom. The van der Waals surface area contributed by atoms with E-state index in [0.717, 1.165) is 66.7 Å². The summed E-state index contributed by atoms with van der Waals surface area (Å²) < 4.78 is 62.5. The molecule has 0 bridgehead atoms. The molecule has 5 aromatic rings. The first-order valence-electron chi connectivity index (χ1n) is 18.2. The van der Waals surface area contributed by atoms with Crippen molar-refractivity contribution in [1.29, 1.82) is 0 Å². The van der Waals surface area contributed by atoms with Crippen molar-refractivity contribution in [2.75, 3.05) is 13.2 Å². The largest absolute Gasteiger partial charge is 0.490 e. The van der Waals surface area contributed by atoms with E-state index in [1.54, 1.807) is 36.4 Å². The molecule has 0 saturated heterocycles. The summed E-state index contributed by atoms with van der Waals surface area (Å²) in [6.07, 6.45) is 5.38. The predicted molar refractivity (Wildman–Crippen MR) is 200 cm³/mol. The van der Waals surface area contributed by atoms with Gasteiger partial charge in [-0.15, -0.1) is 0 Å². The van der Waals surface area contributed by atoms with Crippen molar-refractivity contribution in [3.8, 4) is 11.5 Å². The molecule has 1 saturated carbocycles. The fraction of sp³-hybridized carbons (Fsp3) is 0.318. The summed E-state index contributed by atoms with van der Waals surface area (Å²) in [7, 11) is -3.80. The van der Waals surface area contributed by atoms with Gasteiger partial charge in [-0.25, -0.2) is 4.39 Å². The average Bonchev–Trinajstić information content (AvgIpc) is 3.17. The van der Waals surface area contributed by atoms with Gasteiger partial charge in [-0.05, 0) is 128 Å². The van der Waals surface area contributed by atoms with Gasteiger partial charge in [0.05, 0.1) is 30.3 Å². The van der Waals surface area contributed by atoms with Gasteiger partial charge in [-0.2, -0.15) is 8.42 Å². The van der Waals surface area contributed by atoms with Crippen molar-refractivity contribution >= 4 is 10.1 Å². The summed E-state index contributed by atoms with van der Waals surface area (Å²) in [6.45, 7) is 2.63. The smallest absolute Gasteiger partial charge is 0.297 e. The van der Waals surface area contributed by atoms with E-state index in [4.69, 9.17) is 18.4 Å². The van der Waals surface area contributed by atoms with Crippen LogP contribution in [0.2, 0.25) is 0 Å².